The van der Waals surface area contributed by atoms with Gasteiger partial charge in [-0.2, -0.15) is 12.8 Å². The Morgan fingerprint density at radius 3 is 2.56 bits per heavy atom. The van der Waals surface area contributed by atoms with E-state index in [-0.39, 0.29) is 5.70 Å². The van der Waals surface area contributed by atoms with E-state index in [2.05, 4.69) is 9.71 Å². The van der Waals surface area contributed by atoms with Crippen LogP contribution in [0.3, 0.4) is 0 Å². The first-order chi connectivity index (χ1) is 7.52. The van der Waals surface area contributed by atoms with Crippen molar-refractivity contribution in [2.45, 2.75) is 0 Å². The number of allylic oxidation sites excluding steroid dienone is 1. The number of nitrogens with one attached hydrogen (secondary N) is 1. The van der Waals surface area contributed by atoms with E-state index in [4.69, 9.17) is 5.73 Å². The lowest BCUT2D eigenvalue weighted by Gasteiger charge is -2.27. The predicted octanol–water partition coefficient (Wildman–Crippen LogP) is -2.00. The highest BCUT2D eigenvalue weighted by atomic mass is 32.2. The van der Waals surface area contributed by atoms with Gasteiger partial charge in [-0.15, -0.1) is 0 Å². The van der Waals surface area contributed by atoms with Crippen LogP contribution in [0.1, 0.15) is 0 Å². The van der Waals surface area contributed by atoms with Crippen molar-refractivity contribution in [1.82, 2.24) is 10.2 Å². The summed E-state index contributed by atoms with van der Waals surface area (Å²) in [5, 5.41) is 3.07. The first-order valence-corrected chi connectivity index (χ1v) is 6.26. The molecule has 0 bridgehead atoms. The molecular formula is C8H12N4O3S. The Labute approximate surface area is 93.1 Å². The zero-order valence-electron chi connectivity index (χ0n) is 8.51. The van der Waals surface area contributed by atoms with Crippen LogP contribution in [0.15, 0.2) is 15.0 Å². The molecule has 0 aromatic carbocycles. The minimum absolute atomic E-state index is 0.0801. The van der Waals surface area contributed by atoms with Crippen molar-refractivity contribution in [3.63, 3.8) is 0 Å². The number of amides is 1. The quantitative estimate of drug-likeness (QED) is 0.555. The van der Waals surface area contributed by atoms with Gasteiger partial charge in [-0.05, 0) is 0 Å². The van der Waals surface area contributed by atoms with Crippen LogP contribution in [0.4, 0.5) is 0 Å². The molecule has 0 radical (unpaired) electrons. The Bertz CT molecular complexity index is 474. The lowest BCUT2D eigenvalue weighted by atomic mass is 10.3. The topological polar surface area (TPSA) is 105 Å². The summed E-state index contributed by atoms with van der Waals surface area (Å²) >= 11 is 0. The summed E-state index contributed by atoms with van der Waals surface area (Å²) < 4.78 is 26.1. The van der Waals surface area contributed by atoms with Gasteiger partial charge in [0.1, 0.15) is 0 Å². The molecule has 2 rings (SSSR count). The van der Waals surface area contributed by atoms with Crippen molar-refractivity contribution in [3.8, 4) is 0 Å². The molecule has 0 unspecified atom stereocenters. The molecule has 0 atom stereocenters. The first-order valence-electron chi connectivity index (χ1n) is 4.82. The second-order valence-electron chi connectivity index (χ2n) is 3.54. The second kappa shape index (κ2) is 3.87. The van der Waals surface area contributed by atoms with E-state index in [1.54, 1.807) is 0 Å². The molecular weight excluding hydrogens is 232 g/mol. The van der Waals surface area contributed by atoms with Crippen molar-refractivity contribution in [3.05, 3.63) is 10.6 Å². The number of piperazine rings is 1. The molecule has 8 heteroatoms. The van der Waals surface area contributed by atoms with Gasteiger partial charge in [0.15, 0.2) is 4.91 Å². The number of rotatable bonds is 1. The Hall–Kier alpha value is -1.41. The summed E-state index contributed by atoms with van der Waals surface area (Å²) in [6.45, 7) is 2.26. The highest BCUT2D eigenvalue weighted by Crippen LogP contribution is 2.19. The van der Waals surface area contributed by atoms with Crippen molar-refractivity contribution >= 4 is 22.1 Å². The van der Waals surface area contributed by atoms with Gasteiger partial charge >= 0.3 is 0 Å². The molecule has 0 aliphatic carbocycles. The van der Waals surface area contributed by atoms with E-state index >= 15 is 0 Å². The lowest BCUT2D eigenvalue weighted by molar-refractivity contribution is -0.126. The molecule has 1 saturated heterocycles. The molecule has 0 aromatic heterocycles. The van der Waals surface area contributed by atoms with Crippen molar-refractivity contribution in [2.75, 3.05) is 26.2 Å². The zero-order valence-corrected chi connectivity index (χ0v) is 9.33. The van der Waals surface area contributed by atoms with Crippen LogP contribution < -0.4 is 11.1 Å². The molecule has 7 nitrogen and oxygen atoms in total. The second-order valence-corrected chi connectivity index (χ2v) is 5.11. The molecule has 0 saturated carbocycles. The Kier molecular flexibility index (Phi) is 2.68. The summed E-state index contributed by atoms with van der Waals surface area (Å²) in [6, 6.07) is 0. The van der Waals surface area contributed by atoms with Gasteiger partial charge in [-0.1, -0.05) is 0 Å². The molecule has 16 heavy (non-hydrogen) atoms. The number of nitrogens with zero attached hydrogens (tertiary/aromatic N) is 2. The minimum atomic E-state index is -3.87. The van der Waals surface area contributed by atoms with E-state index in [0.717, 1.165) is 6.21 Å². The standard InChI is InChI=1S/C8H12N4O3S/c9-6-5-11-16(14,15)7(6)8(13)12-3-1-10-2-4-12/h5,10H,1-4,9H2. The maximum absolute atomic E-state index is 11.9. The zero-order chi connectivity index (χ0) is 11.8. The number of carbonyl (C=O) groups excluding carboxylic acids is 1. The Morgan fingerprint density at radius 2 is 2.06 bits per heavy atom. The Balaban J connectivity index is 2.26. The molecule has 2 aliphatic rings. The van der Waals surface area contributed by atoms with Crippen LogP contribution >= 0.6 is 0 Å². The summed E-state index contributed by atoms with van der Waals surface area (Å²) in [5.41, 5.74) is 5.37. The van der Waals surface area contributed by atoms with Crippen LogP contribution in [0.25, 0.3) is 0 Å². The lowest BCUT2D eigenvalue weighted by Crippen LogP contribution is -2.47. The fraction of sp³-hybridized carbons (Fsp3) is 0.500. The summed E-state index contributed by atoms with van der Waals surface area (Å²) in [4.78, 5) is 13.0. The van der Waals surface area contributed by atoms with Gasteiger partial charge < -0.3 is 16.0 Å². The smallest absolute Gasteiger partial charge is 0.289 e. The summed E-state index contributed by atoms with van der Waals surface area (Å²) in [5.74, 6) is -0.559. The maximum Gasteiger partial charge on any atom is 0.289 e. The molecule has 1 amide bonds. The van der Waals surface area contributed by atoms with Gasteiger partial charge in [0, 0.05) is 26.2 Å². The third-order valence-corrected chi connectivity index (χ3v) is 3.76. The van der Waals surface area contributed by atoms with Gasteiger partial charge in [0.2, 0.25) is 0 Å². The van der Waals surface area contributed by atoms with Gasteiger partial charge in [0.25, 0.3) is 15.9 Å². The molecule has 0 aromatic rings. The first kappa shape index (κ1) is 11.1. The highest BCUT2D eigenvalue weighted by molar-refractivity contribution is 7.95. The van der Waals surface area contributed by atoms with Crippen LogP contribution in [0.2, 0.25) is 0 Å². The maximum atomic E-state index is 11.9. The average molecular weight is 244 g/mol. The average Bonchev–Trinajstić information content (AvgIpc) is 2.53. The normalized spacial score (nSPS) is 23.9. The number of hydrogen-bond donors (Lipinski definition) is 2. The van der Waals surface area contributed by atoms with Crippen LogP contribution in [-0.2, 0) is 14.8 Å². The van der Waals surface area contributed by atoms with E-state index in [1.165, 1.54) is 4.90 Å². The fourth-order valence-corrected chi connectivity index (χ4v) is 2.69. The minimum Gasteiger partial charge on any atom is -0.396 e. The van der Waals surface area contributed by atoms with Gasteiger partial charge in [-0.25, -0.2) is 0 Å². The van der Waals surface area contributed by atoms with Crippen LogP contribution in [-0.4, -0.2) is 51.6 Å². The number of sulfonamides is 1. The van der Waals surface area contributed by atoms with Crippen LogP contribution in [0.5, 0.6) is 0 Å². The highest BCUT2D eigenvalue weighted by Gasteiger charge is 2.34. The van der Waals surface area contributed by atoms with Gasteiger partial charge in [-0.3, -0.25) is 4.79 Å². The Morgan fingerprint density at radius 1 is 1.44 bits per heavy atom. The largest absolute Gasteiger partial charge is 0.396 e. The molecule has 1 fully saturated rings. The number of carbonyl (C=O) groups is 1. The van der Waals surface area contributed by atoms with Gasteiger partial charge in [0.05, 0.1) is 11.9 Å². The molecule has 3 N–H and O–H groups in total. The SMILES string of the molecule is NC1=C(C(=O)N2CCNCC2)S(=O)(=O)N=C1. The van der Waals surface area contributed by atoms with E-state index < -0.39 is 20.8 Å². The number of nitrogens with two attached hydrogens (primary N) is 1. The van der Waals surface area contributed by atoms with Crippen molar-refractivity contribution in [2.24, 2.45) is 10.1 Å². The molecule has 2 heterocycles. The predicted molar refractivity (Wildman–Crippen MR) is 58.1 cm³/mol. The third-order valence-electron chi connectivity index (χ3n) is 2.45. The fourth-order valence-electron chi connectivity index (χ4n) is 1.63. The molecule has 2 aliphatic heterocycles. The summed E-state index contributed by atoms with van der Waals surface area (Å²) in [6.07, 6.45) is 1.00. The van der Waals surface area contributed by atoms with E-state index in [9.17, 15) is 13.2 Å². The number of hydrogen-bond acceptors (Lipinski definition) is 5. The van der Waals surface area contributed by atoms with Crippen LogP contribution in [0, 0.1) is 0 Å². The van der Waals surface area contributed by atoms with Crippen molar-refractivity contribution < 1.29 is 13.2 Å². The van der Waals surface area contributed by atoms with Crippen molar-refractivity contribution in [1.29, 1.82) is 0 Å². The third kappa shape index (κ3) is 1.81. The van der Waals surface area contributed by atoms with E-state index in [0.29, 0.717) is 26.2 Å². The van der Waals surface area contributed by atoms with E-state index in [1.807, 2.05) is 0 Å². The monoisotopic (exact) mass is 244 g/mol. The molecule has 88 valence electrons. The molecule has 0 spiro atoms. The summed E-state index contributed by atoms with van der Waals surface area (Å²) in [7, 11) is -3.87.